The molecule has 0 aromatic carbocycles. The van der Waals surface area contributed by atoms with Gasteiger partial charge in [-0.1, -0.05) is 6.07 Å². The van der Waals surface area contributed by atoms with E-state index in [1.54, 1.807) is 36.5 Å². The molecule has 2 aromatic rings. The Hall–Kier alpha value is -3.74. The number of nitrogens with one attached hydrogen (secondary N) is 3. The molecule has 0 bridgehead atoms. The number of carbonyl (C=O) groups is 2. The molecule has 194 valence electrons. The maximum absolute atomic E-state index is 12.7. The van der Waals surface area contributed by atoms with Crippen LogP contribution in [-0.2, 0) is 25.6 Å². The molecular weight excluding hydrogens is 505 g/mol. The number of nitriles is 1. The lowest BCUT2D eigenvalue weighted by molar-refractivity contribution is -0.135. The molecule has 36 heavy (non-hydrogen) atoms. The summed E-state index contributed by atoms with van der Waals surface area (Å²) >= 11 is 0.759. The van der Waals surface area contributed by atoms with E-state index < -0.39 is 35.7 Å². The Balaban J connectivity index is 2.26. The van der Waals surface area contributed by atoms with Crippen LogP contribution in [0.2, 0.25) is 0 Å². The Morgan fingerprint density at radius 2 is 2.00 bits per heavy atom. The first-order valence-electron chi connectivity index (χ1n) is 10.4. The largest absolute Gasteiger partial charge is 0.405 e. The summed E-state index contributed by atoms with van der Waals surface area (Å²) in [7, 11) is 1.51. The van der Waals surface area contributed by atoms with Gasteiger partial charge in [-0.2, -0.15) is 18.4 Å². The molecule has 11 nitrogen and oxygen atoms in total. The van der Waals surface area contributed by atoms with Gasteiger partial charge in [-0.05, 0) is 19.1 Å². The lowest BCUT2D eigenvalue weighted by Crippen LogP contribution is -2.37. The van der Waals surface area contributed by atoms with Crippen LogP contribution in [0, 0.1) is 11.3 Å². The Morgan fingerprint density at radius 3 is 2.64 bits per heavy atom. The fourth-order valence-electron chi connectivity index (χ4n) is 2.67. The Bertz CT molecular complexity index is 1300. The van der Waals surface area contributed by atoms with E-state index in [4.69, 9.17) is 9.47 Å². The minimum absolute atomic E-state index is 0.0719. The smallest absolute Gasteiger partial charge is 0.382 e. The average molecular weight is 529 g/mol. The van der Waals surface area contributed by atoms with Gasteiger partial charge >= 0.3 is 6.18 Å². The molecule has 0 spiro atoms. The SMILES string of the molecule is CCn1c(=O)/c(=C\Nc2cccc(NC(=O)COCCOC)n2)s/c1=C(/C#N)C(=O)NCC(F)(F)F. The van der Waals surface area contributed by atoms with E-state index in [1.165, 1.54) is 13.3 Å². The van der Waals surface area contributed by atoms with Crippen LogP contribution in [-0.4, -0.2) is 61.0 Å². The van der Waals surface area contributed by atoms with Crippen molar-refractivity contribution in [1.82, 2.24) is 14.9 Å². The zero-order valence-corrected chi connectivity index (χ0v) is 20.1. The number of anilines is 2. The van der Waals surface area contributed by atoms with Gasteiger partial charge in [-0.15, -0.1) is 11.3 Å². The average Bonchev–Trinajstić information content (AvgIpc) is 3.14. The fourth-order valence-corrected chi connectivity index (χ4v) is 3.75. The number of hydrogen-bond acceptors (Lipinski definition) is 9. The summed E-state index contributed by atoms with van der Waals surface area (Å²) in [6.45, 7) is 0.444. The lowest BCUT2D eigenvalue weighted by Gasteiger charge is -2.07. The Kier molecular flexibility index (Phi) is 10.6. The number of rotatable bonds is 11. The van der Waals surface area contributed by atoms with Gasteiger partial charge in [0.25, 0.3) is 17.4 Å². The van der Waals surface area contributed by atoms with E-state index in [0.717, 1.165) is 15.9 Å². The Labute approximate surface area is 206 Å². The number of carbonyl (C=O) groups excluding carboxylic acids is 2. The summed E-state index contributed by atoms with van der Waals surface area (Å²) in [5.74, 6) is -1.20. The van der Waals surface area contributed by atoms with Crippen molar-refractivity contribution in [2.24, 2.45) is 0 Å². The molecule has 2 aromatic heterocycles. The van der Waals surface area contributed by atoms with Crippen molar-refractivity contribution in [2.75, 3.05) is 44.1 Å². The van der Waals surface area contributed by atoms with Crippen LogP contribution in [0.3, 0.4) is 0 Å². The fraction of sp³-hybridized carbons (Fsp3) is 0.381. The van der Waals surface area contributed by atoms with Gasteiger partial charge in [0.1, 0.15) is 40.1 Å². The second-order valence-electron chi connectivity index (χ2n) is 6.90. The van der Waals surface area contributed by atoms with Gasteiger partial charge in [0.2, 0.25) is 0 Å². The quantitative estimate of drug-likeness (QED) is 0.349. The standard InChI is InChI=1S/C21H23F3N6O5S/c1-3-30-19(33)14(36-20(30)13(9-25)18(32)27-12-21(22,23)24)10-26-15-5-4-6-16(28-15)29-17(31)11-35-8-7-34-2/h4-6,10H,3,7-8,11-12H2,1-2H3,(H,27,32)(H2,26,28,29,31)/b14-10+,20-13-. The number of nitrogens with zero attached hydrogens (tertiary/aromatic N) is 3. The summed E-state index contributed by atoms with van der Waals surface area (Å²) in [6, 6.07) is 6.27. The summed E-state index contributed by atoms with van der Waals surface area (Å²) in [5, 5.41) is 16.3. The van der Waals surface area contributed by atoms with Crippen molar-refractivity contribution in [1.29, 1.82) is 5.26 Å². The molecule has 0 saturated heterocycles. The van der Waals surface area contributed by atoms with Crippen LogP contribution in [0.1, 0.15) is 6.92 Å². The molecule has 0 fully saturated rings. The van der Waals surface area contributed by atoms with E-state index in [2.05, 4.69) is 15.6 Å². The third kappa shape index (κ3) is 8.48. The number of pyridine rings is 1. The zero-order chi connectivity index (χ0) is 26.7. The summed E-state index contributed by atoms with van der Waals surface area (Å²) in [5.41, 5.74) is -1.17. The zero-order valence-electron chi connectivity index (χ0n) is 19.3. The molecule has 0 aliphatic rings. The third-order valence-corrected chi connectivity index (χ3v) is 5.39. The first-order chi connectivity index (χ1) is 17.1. The van der Waals surface area contributed by atoms with E-state index in [9.17, 15) is 32.8 Å². The van der Waals surface area contributed by atoms with Gasteiger partial charge in [-0.25, -0.2) is 4.98 Å². The van der Waals surface area contributed by atoms with Crippen molar-refractivity contribution < 1.29 is 32.2 Å². The van der Waals surface area contributed by atoms with E-state index >= 15 is 0 Å². The van der Waals surface area contributed by atoms with Gasteiger partial charge < -0.3 is 25.4 Å². The number of halogens is 3. The highest BCUT2D eigenvalue weighted by Crippen LogP contribution is 2.12. The van der Waals surface area contributed by atoms with Crippen molar-refractivity contribution >= 4 is 46.6 Å². The number of aromatic nitrogens is 2. The predicted octanol–water partition coefficient (Wildman–Crippen LogP) is 0.129. The van der Waals surface area contributed by atoms with Crippen LogP contribution in [0.5, 0.6) is 0 Å². The van der Waals surface area contributed by atoms with Gasteiger partial charge in [0.15, 0.2) is 5.57 Å². The second kappa shape index (κ2) is 13.4. The van der Waals surface area contributed by atoms with Crippen LogP contribution >= 0.6 is 11.3 Å². The topological polar surface area (TPSA) is 147 Å². The summed E-state index contributed by atoms with van der Waals surface area (Å²) in [4.78, 5) is 41.0. The molecule has 15 heteroatoms. The number of thiazole rings is 1. The molecule has 3 N–H and O–H groups in total. The number of methoxy groups -OCH3 is 1. The maximum atomic E-state index is 12.7. The van der Waals surface area contributed by atoms with E-state index in [1.807, 2.05) is 0 Å². The van der Waals surface area contributed by atoms with Crippen LogP contribution < -0.4 is 30.7 Å². The number of alkyl halides is 3. The van der Waals surface area contributed by atoms with Gasteiger partial charge in [0.05, 0.1) is 13.2 Å². The van der Waals surface area contributed by atoms with Crippen molar-refractivity contribution in [3.8, 4) is 6.07 Å². The first-order valence-corrected chi connectivity index (χ1v) is 11.2. The molecule has 0 atom stereocenters. The second-order valence-corrected chi connectivity index (χ2v) is 7.93. The number of ether oxygens (including phenoxy) is 2. The van der Waals surface area contributed by atoms with E-state index in [-0.39, 0.29) is 40.6 Å². The third-order valence-electron chi connectivity index (χ3n) is 4.26. The molecule has 0 radical (unpaired) electrons. The normalized spacial score (nSPS) is 12.6. The highest BCUT2D eigenvalue weighted by Gasteiger charge is 2.28. The number of hydrogen-bond donors (Lipinski definition) is 3. The van der Waals surface area contributed by atoms with Crippen LogP contribution in [0.25, 0.3) is 11.8 Å². The minimum Gasteiger partial charge on any atom is -0.382 e. The molecule has 2 rings (SSSR count). The van der Waals surface area contributed by atoms with Crippen LogP contribution in [0.4, 0.5) is 24.8 Å². The van der Waals surface area contributed by atoms with Crippen molar-refractivity contribution in [3.63, 3.8) is 0 Å². The van der Waals surface area contributed by atoms with E-state index in [0.29, 0.717) is 6.61 Å². The predicted molar refractivity (Wildman–Crippen MR) is 125 cm³/mol. The molecular formula is C21H23F3N6O5S. The monoisotopic (exact) mass is 528 g/mol. The highest BCUT2D eigenvalue weighted by atomic mass is 32.1. The van der Waals surface area contributed by atoms with Gasteiger partial charge in [-0.3, -0.25) is 19.0 Å². The highest BCUT2D eigenvalue weighted by molar-refractivity contribution is 7.07. The first kappa shape index (κ1) is 28.5. The maximum Gasteiger partial charge on any atom is 0.405 e. The molecule has 2 amide bonds. The van der Waals surface area contributed by atoms with Crippen molar-refractivity contribution in [2.45, 2.75) is 19.6 Å². The molecule has 0 aliphatic heterocycles. The molecule has 2 heterocycles. The molecule has 0 saturated carbocycles. The molecule has 0 unspecified atom stereocenters. The van der Waals surface area contributed by atoms with Crippen LogP contribution in [0.15, 0.2) is 23.0 Å². The van der Waals surface area contributed by atoms with Gasteiger partial charge in [0, 0.05) is 19.9 Å². The summed E-state index contributed by atoms with van der Waals surface area (Å²) < 4.78 is 48.3. The minimum atomic E-state index is -4.66. The molecule has 0 aliphatic carbocycles. The summed E-state index contributed by atoms with van der Waals surface area (Å²) in [6.07, 6.45) is -3.37. The lowest BCUT2D eigenvalue weighted by atomic mass is 10.3. The Morgan fingerprint density at radius 1 is 1.28 bits per heavy atom. The number of amides is 2. The van der Waals surface area contributed by atoms with Crippen molar-refractivity contribution in [3.05, 3.63) is 37.7 Å².